The molecule has 0 unspecified atom stereocenters. The molecule has 2 N–H and O–H groups in total. The largest absolute Gasteiger partial charge is 0.484 e. The molecule has 0 aromatic heterocycles. The molecule has 0 fully saturated rings. The van der Waals surface area contributed by atoms with Crippen molar-refractivity contribution in [3.05, 3.63) is 59.2 Å². The van der Waals surface area contributed by atoms with Crippen molar-refractivity contribution in [2.45, 2.75) is 52.0 Å². The summed E-state index contributed by atoms with van der Waals surface area (Å²) in [5.74, 6) is 0.223. The summed E-state index contributed by atoms with van der Waals surface area (Å²) in [5.41, 5.74) is 3.63. The molecule has 2 amide bonds. The van der Waals surface area contributed by atoms with Crippen LogP contribution in [0.4, 0.5) is 5.69 Å². The molecule has 0 heterocycles. The van der Waals surface area contributed by atoms with Crippen molar-refractivity contribution in [3.8, 4) is 5.75 Å². The van der Waals surface area contributed by atoms with Gasteiger partial charge in [-0.05, 0) is 74.4 Å². The van der Waals surface area contributed by atoms with Crippen LogP contribution in [-0.4, -0.2) is 24.5 Å². The van der Waals surface area contributed by atoms with Crippen molar-refractivity contribution in [1.29, 1.82) is 0 Å². The number of hydrogen-bond donors (Lipinski definition) is 2. The summed E-state index contributed by atoms with van der Waals surface area (Å²) in [6, 6.07) is 13.1. The van der Waals surface area contributed by atoms with E-state index in [4.69, 9.17) is 4.74 Å². The van der Waals surface area contributed by atoms with Crippen LogP contribution in [0.1, 0.15) is 54.6 Å². The monoisotopic (exact) mass is 380 g/mol. The second-order valence-corrected chi connectivity index (χ2v) is 7.30. The summed E-state index contributed by atoms with van der Waals surface area (Å²) in [5, 5.41) is 5.72. The zero-order chi connectivity index (χ0) is 19.9. The minimum atomic E-state index is -0.290. The molecule has 0 bridgehead atoms. The van der Waals surface area contributed by atoms with Crippen molar-refractivity contribution in [2.24, 2.45) is 0 Å². The highest BCUT2D eigenvalue weighted by atomic mass is 16.5. The molecule has 1 aliphatic rings. The smallest absolute Gasteiger partial charge is 0.262 e. The second-order valence-electron chi connectivity index (χ2n) is 7.30. The fraction of sp³-hybridized carbons (Fsp3) is 0.391. The second kappa shape index (κ2) is 9.40. The van der Waals surface area contributed by atoms with E-state index >= 15 is 0 Å². The zero-order valence-electron chi connectivity index (χ0n) is 16.6. The number of ether oxygens (including phenoxy) is 1. The first-order chi connectivity index (χ1) is 13.6. The first-order valence-corrected chi connectivity index (χ1v) is 10.0. The molecule has 2 aromatic carbocycles. The average molecular weight is 380 g/mol. The molecular weight excluding hydrogens is 352 g/mol. The van der Waals surface area contributed by atoms with E-state index < -0.39 is 0 Å². The van der Waals surface area contributed by atoms with Gasteiger partial charge in [0.25, 0.3) is 11.8 Å². The summed E-state index contributed by atoms with van der Waals surface area (Å²) in [4.78, 5) is 24.8. The predicted molar refractivity (Wildman–Crippen MR) is 111 cm³/mol. The van der Waals surface area contributed by atoms with Gasteiger partial charge in [-0.1, -0.05) is 25.1 Å². The van der Waals surface area contributed by atoms with E-state index in [0.29, 0.717) is 17.0 Å². The summed E-state index contributed by atoms with van der Waals surface area (Å²) >= 11 is 0. The van der Waals surface area contributed by atoms with Crippen LogP contribution in [0.15, 0.2) is 42.5 Å². The van der Waals surface area contributed by atoms with E-state index in [0.717, 1.165) is 19.3 Å². The highest BCUT2D eigenvalue weighted by molar-refractivity contribution is 6.04. The lowest BCUT2D eigenvalue weighted by atomic mass is 9.92. The summed E-state index contributed by atoms with van der Waals surface area (Å²) in [6.45, 7) is 3.86. The molecule has 5 heteroatoms. The van der Waals surface area contributed by atoms with Gasteiger partial charge in [0.15, 0.2) is 6.61 Å². The maximum atomic E-state index is 12.4. The van der Waals surface area contributed by atoms with Gasteiger partial charge in [0.2, 0.25) is 0 Å². The molecule has 148 valence electrons. The van der Waals surface area contributed by atoms with Gasteiger partial charge in [-0.2, -0.15) is 0 Å². The number of fused-ring (bicyclic) bond motifs is 1. The number of carbonyl (C=O) groups excluding carboxylic acids is 2. The van der Waals surface area contributed by atoms with Gasteiger partial charge >= 0.3 is 0 Å². The molecule has 3 rings (SSSR count). The number of nitrogens with one attached hydrogen (secondary N) is 2. The topological polar surface area (TPSA) is 67.4 Å². The lowest BCUT2D eigenvalue weighted by Crippen LogP contribution is -2.33. The Bertz CT molecular complexity index is 847. The molecule has 2 aromatic rings. The summed E-state index contributed by atoms with van der Waals surface area (Å²) in [6.07, 6.45) is 5.46. The van der Waals surface area contributed by atoms with Gasteiger partial charge in [0, 0.05) is 6.04 Å². The quantitative estimate of drug-likeness (QED) is 0.760. The number of anilines is 1. The van der Waals surface area contributed by atoms with Crippen molar-refractivity contribution < 1.29 is 14.3 Å². The van der Waals surface area contributed by atoms with Crippen LogP contribution in [0.5, 0.6) is 5.75 Å². The molecule has 1 atom stereocenters. The van der Waals surface area contributed by atoms with E-state index in [9.17, 15) is 9.59 Å². The predicted octanol–water partition coefficient (Wildman–Crippen LogP) is 4.11. The third-order valence-electron chi connectivity index (χ3n) is 5.13. The number of aryl methyl sites for hydroxylation is 2. The Balaban J connectivity index is 1.60. The van der Waals surface area contributed by atoms with Gasteiger partial charge in [0.05, 0.1) is 11.3 Å². The third kappa shape index (κ3) is 5.12. The maximum Gasteiger partial charge on any atom is 0.262 e. The van der Waals surface area contributed by atoms with Gasteiger partial charge in [-0.25, -0.2) is 0 Å². The molecule has 0 radical (unpaired) electrons. The number of hydrogen-bond acceptors (Lipinski definition) is 3. The molecule has 0 saturated carbocycles. The van der Waals surface area contributed by atoms with Crippen LogP contribution in [0.3, 0.4) is 0 Å². The number of para-hydroxylation sites is 1. The molecule has 28 heavy (non-hydrogen) atoms. The van der Waals surface area contributed by atoms with Crippen LogP contribution >= 0.6 is 0 Å². The number of rotatable bonds is 7. The highest BCUT2D eigenvalue weighted by Gasteiger charge is 2.15. The molecule has 5 nitrogen and oxygen atoms in total. The standard InChI is InChI=1S/C23H28N2O3/c1-3-16(2)24-23(27)20-10-6-7-11-21(20)25-22(26)15-28-19-13-12-17-8-4-5-9-18(17)14-19/h6-7,10-14,16H,3-5,8-9,15H2,1-2H3,(H,24,27)(H,25,26)/t16-/m0/s1. The Kier molecular flexibility index (Phi) is 6.69. The molecular formula is C23H28N2O3. The maximum absolute atomic E-state index is 12.4. The Hall–Kier alpha value is -2.82. The van der Waals surface area contributed by atoms with Crippen LogP contribution in [0, 0.1) is 0 Å². The molecule has 0 spiro atoms. The fourth-order valence-electron chi connectivity index (χ4n) is 3.33. The van der Waals surface area contributed by atoms with Crippen molar-refractivity contribution in [1.82, 2.24) is 5.32 Å². The minimum Gasteiger partial charge on any atom is -0.484 e. The average Bonchev–Trinajstić information content (AvgIpc) is 2.72. The lowest BCUT2D eigenvalue weighted by Gasteiger charge is -2.17. The zero-order valence-corrected chi connectivity index (χ0v) is 16.6. The normalized spacial score (nSPS) is 13.9. The summed E-state index contributed by atoms with van der Waals surface area (Å²) < 4.78 is 5.68. The number of benzene rings is 2. The number of amides is 2. The van der Waals surface area contributed by atoms with Gasteiger partial charge in [-0.15, -0.1) is 0 Å². The third-order valence-corrected chi connectivity index (χ3v) is 5.13. The van der Waals surface area contributed by atoms with Crippen LogP contribution < -0.4 is 15.4 Å². The van der Waals surface area contributed by atoms with E-state index in [-0.39, 0.29) is 24.5 Å². The first kappa shape index (κ1) is 19.9. The van der Waals surface area contributed by atoms with Crippen molar-refractivity contribution >= 4 is 17.5 Å². The molecule has 0 aliphatic heterocycles. The SMILES string of the molecule is CC[C@H](C)NC(=O)c1ccccc1NC(=O)COc1ccc2c(c1)CCCC2. The van der Waals surface area contributed by atoms with Crippen LogP contribution in [-0.2, 0) is 17.6 Å². The van der Waals surface area contributed by atoms with E-state index in [1.54, 1.807) is 24.3 Å². The highest BCUT2D eigenvalue weighted by Crippen LogP contribution is 2.25. The van der Waals surface area contributed by atoms with Crippen molar-refractivity contribution in [2.75, 3.05) is 11.9 Å². The molecule has 1 aliphatic carbocycles. The fourth-order valence-corrected chi connectivity index (χ4v) is 3.33. The Labute approximate surface area is 166 Å². The first-order valence-electron chi connectivity index (χ1n) is 10.0. The van der Waals surface area contributed by atoms with E-state index in [1.165, 1.54) is 24.0 Å². The minimum absolute atomic E-state index is 0.0728. The lowest BCUT2D eigenvalue weighted by molar-refractivity contribution is -0.118. The molecule has 0 saturated heterocycles. The Morgan fingerprint density at radius 2 is 1.82 bits per heavy atom. The van der Waals surface area contributed by atoms with Gasteiger partial charge in [0.1, 0.15) is 5.75 Å². The van der Waals surface area contributed by atoms with Crippen molar-refractivity contribution in [3.63, 3.8) is 0 Å². The Morgan fingerprint density at radius 3 is 2.61 bits per heavy atom. The summed E-state index contributed by atoms with van der Waals surface area (Å²) in [7, 11) is 0. The van der Waals surface area contributed by atoms with Gasteiger partial charge < -0.3 is 15.4 Å². The van der Waals surface area contributed by atoms with Crippen LogP contribution in [0.25, 0.3) is 0 Å². The van der Waals surface area contributed by atoms with E-state index in [2.05, 4.69) is 16.7 Å². The van der Waals surface area contributed by atoms with Gasteiger partial charge in [-0.3, -0.25) is 9.59 Å². The van der Waals surface area contributed by atoms with Crippen LogP contribution in [0.2, 0.25) is 0 Å². The Morgan fingerprint density at radius 1 is 1.07 bits per heavy atom. The van der Waals surface area contributed by atoms with E-state index in [1.807, 2.05) is 26.0 Å². The number of carbonyl (C=O) groups is 2.